The molecule has 0 spiro atoms. The summed E-state index contributed by atoms with van der Waals surface area (Å²) in [5, 5.41) is 13.2. The quantitative estimate of drug-likeness (QED) is 0.333. The van der Waals surface area contributed by atoms with E-state index < -0.39 is 47.1 Å². The van der Waals surface area contributed by atoms with Crippen LogP contribution in [0.15, 0.2) is 48.5 Å². The monoisotopic (exact) mass is 577 g/mol. The van der Waals surface area contributed by atoms with Crippen LogP contribution in [0.25, 0.3) is 11.3 Å². The molecule has 1 aliphatic heterocycles. The number of carbonyl (C=O) groups excluding carboxylic acids is 2. The van der Waals surface area contributed by atoms with Crippen molar-refractivity contribution in [3.8, 4) is 28.5 Å². The van der Waals surface area contributed by atoms with Crippen LogP contribution in [0.3, 0.4) is 0 Å². The predicted octanol–water partition coefficient (Wildman–Crippen LogP) is 3.15. The number of methoxy groups -OCH3 is 2. The van der Waals surface area contributed by atoms with Gasteiger partial charge in [0.25, 0.3) is 0 Å². The van der Waals surface area contributed by atoms with Crippen molar-refractivity contribution >= 4 is 11.8 Å². The van der Waals surface area contributed by atoms with E-state index in [9.17, 15) is 32.3 Å². The lowest BCUT2D eigenvalue weighted by Gasteiger charge is -2.31. The Kier molecular flexibility index (Phi) is 7.85. The highest BCUT2D eigenvalue weighted by Gasteiger charge is 2.57. The van der Waals surface area contributed by atoms with Crippen molar-refractivity contribution in [2.24, 2.45) is 5.73 Å². The fourth-order valence-corrected chi connectivity index (χ4v) is 4.40. The van der Waals surface area contributed by atoms with Crippen molar-refractivity contribution in [3.05, 3.63) is 71.2 Å². The van der Waals surface area contributed by atoms with Gasteiger partial charge in [0, 0.05) is 11.1 Å². The van der Waals surface area contributed by atoms with Gasteiger partial charge in [0.2, 0.25) is 17.4 Å². The molecule has 2 atom stereocenters. The first-order valence-electron chi connectivity index (χ1n) is 12.2. The molecule has 3 aromatic rings. The molecule has 4 rings (SSSR count). The number of primary amides is 1. The van der Waals surface area contributed by atoms with Crippen molar-refractivity contribution in [3.63, 3.8) is 0 Å². The first-order chi connectivity index (χ1) is 19.2. The summed E-state index contributed by atoms with van der Waals surface area (Å²) in [4.78, 5) is 29.1. The van der Waals surface area contributed by atoms with Crippen LogP contribution in [0, 0.1) is 5.82 Å². The van der Waals surface area contributed by atoms with Crippen LogP contribution in [0.1, 0.15) is 23.7 Å². The maximum absolute atomic E-state index is 14.5. The summed E-state index contributed by atoms with van der Waals surface area (Å²) in [5.41, 5.74) is -0.202. The van der Waals surface area contributed by atoms with Gasteiger partial charge in [0.15, 0.2) is 11.5 Å². The number of hydrogen-bond acceptors (Lipinski definition) is 7. The number of halogens is 4. The molecule has 0 fully saturated rings. The summed E-state index contributed by atoms with van der Waals surface area (Å²) in [5.74, 6) is -1.62. The molecule has 13 heteroatoms. The van der Waals surface area contributed by atoms with Gasteiger partial charge in [0.05, 0.1) is 32.9 Å². The minimum atomic E-state index is -5.33. The van der Waals surface area contributed by atoms with Crippen LogP contribution in [0.4, 0.5) is 17.6 Å². The second-order valence-corrected chi connectivity index (χ2v) is 9.73. The molecule has 0 aliphatic carbocycles. The third-order valence-corrected chi connectivity index (χ3v) is 6.98. The highest BCUT2D eigenvalue weighted by molar-refractivity contribution is 5.90. The first kappa shape index (κ1) is 29.6. The lowest BCUT2D eigenvalue weighted by atomic mass is 9.81. The third kappa shape index (κ3) is 5.49. The van der Waals surface area contributed by atoms with Crippen molar-refractivity contribution in [1.82, 2.24) is 10.3 Å². The molecular weight excluding hydrogens is 550 g/mol. The number of aromatic nitrogens is 1. The van der Waals surface area contributed by atoms with Crippen molar-refractivity contribution < 1.29 is 46.5 Å². The molecule has 2 amide bonds. The molecule has 0 saturated carbocycles. The molecule has 0 saturated heterocycles. The topological polar surface area (TPSA) is 133 Å². The van der Waals surface area contributed by atoms with E-state index in [2.05, 4.69) is 10.3 Å². The van der Waals surface area contributed by atoms with E-state index in [1.807, 2.05) is 0 Å². The normalized spacial score (nSPS) is 17.7. The van der Waals surface area contributed by atoms with Gasteiger partial charge < -0.3 is 30.4 Å². The molecule has 2 aromatic carbocycles. The van der Waals surface area contributed by atoms with E-state index in [-0.39, 0.29) is 35.6 Å². The average molecular weight is 578 g/mol. The molecule has 1 aromatic heterocycles. The average Bonchev–Trinajstić information content (AvgIpc) is 3.28. The number of nitrogens with two attached hydrogens (primary N) is 1. The Balaban J connectivity index is 1.73. The van der Waals surface area contributed by atoms with Gasteiger partial charge in [-0.1, -0.05) is 6.07 Å². The number of aliphatic hydroxyl groups is 1. The summed E-state index contributed by atoms with van der Waals surface area (Å²) in [6.45, 7) is -0.203. The number of carbonyl (C=O) groups is 2. The Morgan fingerprint density at radius 1 is 1.10 bits per heavy atom. The number of pyridine rings is 1. The van der Waals surface area contributed by atoms with Gasteiger partial charge in [-0.05, 0) is 55.0 Å². The van der Waals surface area contributed by atoms with Gasteiger partial charge in [-0.25, -0.2) is 9.37 Å². The SMILES string of the molecule is COc1ccc(CC(=O)NCC(O)(c2cc3c(c(-c4ccc(F)cc4)n2)OC[C@]3(C)C(N)=O)C(F)(F)F)cc1OC. The van der Waals surface area contributed by atoms with Crippen molar-refractivity contribution in [2.45, 2.75) is 30.5 Å². The molecule has 1 aliphatic rings. The Morgan fingerprint density at radius 3 is 2.34 bits per heavy atom. The maximum Gasteiger partial charge on any atom is 0.424 e. The standard InChI is InChI=1S/C28H27F4N3O6/c1-26(25(33)37)14-41-24-18(26)12-21(35-23(24)16-5-7-17(29)8-6-16)27(38,28(30,31)32)13-34-22(36)11-15-4-9-19(39-2)20(10-15)40-3/h4-10,12,38H,11,13-14H2,1-3H3,(H2,33,37)(H,34,36)/t26-,27?/m0/s1. The van der Waals surface area contributed by atoms with Gasteiger partial charge >= 0.3 is 6.18 Å². The zero-order valence-electron chi connectivity index (χ0n) is 22.3. The van der Waals surface area contributed by atoms with Crippen LogP contribution in [0.5, 0.6) is 17.2 Å². The summed E-state index contributed by atoms with van der Waals surface area (Å²) in [7, 11) is 2.82. The van der Waals surface area contributed by atoms with E-state index in [1.165, 1.54) is 45.4 Å². The fourth-order valence-electron chi connectivity index (χ4n) is 4.40. The summed E-state index contributed by atoms with van der Waals surface area (Å²) < 4.78 is 73.0. The maximum atomic E-state index is 14.5. The summed E-state index contributed by atoms with van der Waals surface area (Å²) in [6.07, 6.45) is -5.66. The molecule has 41 heavy (non-hydrogen) atoms. The number of hydrogen-bond donors (Lipinski definition) is 3. The van der Waals surface area contributed by atoms with Gasteiger partial charge in [-0.15, -0.1) is 0 Å². The van der Waals surface area contributed by atoms with E-state index in [4.69, 9.17) is 19.9 Å². The molecule has 0 radical (unpaired) electrons. The molecule has 9 nitrogen and oxygen atoms in total. The molecule has 0 bridgehead atoms. The Bertz CT molecular complexity index is 1480. The fraction of sp³-hybridized carbons (Fsp3) is 0.321. The Hall–Kier alpha value is -4.39. The first-order valence-corrected chi connectivity index (χ1v) is 12.2. The van der Waals surface area contributed by atoms with Crippen LogP contribution in [-0.2, 0) is 27.0 Å². The number of nitrogens with one attached hydrogen (secondary N) is 1. The van der Waals surface area contributed by atoms with Crippen LogP contribution < -0.4 is 25.3 Å². The second-order valence-electron chi connectivity index (χ2n) is 9.73. The molecule has 1 unspecified atom stereocenters. The van der Waals surface area contributed by atoms with Crippen molar-refractivity contribution in [2.75, 3.05) is 27.4 Å². The van der Waals surface area contributed by atoms with Gasteiger partial charge in [-0.2, -0.15) is 13.2 Å². The van der Waals surface area contributed by atoms with E-state index in [1.54, 1.807) is 6.07 Å². The third-order valence-electron chi connectivity index (χ3n) is 6.98. The number of alkyl halides is 3. The lowest BCUT2D eigenvalue weighted by molar-refractivity contribution is -0.265. The number of benzene rings is 2. The Labute approximate surface area is 232 Å². The largest absolute Gasteiger partial charge is 0.493 e. The molecule has 218 valence electrons. The number of rotatable bonds is 9. The predicted molar refractivity (Wildman–Crippen MR) is 138 cm³/mol. The zero-order valence-corrected chi connectivity index (χ0v) is 22.3. The summed E-state index contributed by atoms with van der Waals surface area (Å²) >= 11 is 0. The number of ether oxygens (including phenoxy) is 3. The van der Waals surface area contributed by atoms with Gasteiger partial charge in [0.1, 0.15) is 29.3 Å². The summed E-state index contributed by atoms with van der Waals surface area (Å²) in [6, 6.07) is 10.1. The smallest absolute Gasteiger partial charge is 0.424 e. The second kappa shape index (κ2) is 10.9. The highest BCUT2D eigenvalue weighted by atomic mass is 19.4. The molecular formula is C28H27F4N3O6. The molecule has 4 N–H and O–H groups in total. The number of amides is 2. The number of nitrogens with zero attached hydrogens (tertiary/aromatic N) is 1. The lowest BCUT2D eigenvalue weighted by Crippen LogP contribution is -2.52. The molecule has 2 heterocycles. The number of fused-ring (bicyclic) bond motifs is 1. The van der Waals surface area contributed by atoms with Crippen LogP contribution in [0.2, 0.25) is 0 Å². The van der Waals surface area contributed by atoms with Crippen molar-refractivity contribution in [1.29, 1.82) is 0 Å². The van der Waals surface area contributed by atoms with Crippen LogP contribution in [-0.4, -0.2) is 55.5 Å². The van der Waals surface area contributed by atoms with Crippen LogP contribution >= 0.6 is 0 Å². The highest BCUT2D eigenvalue weighted by Crippen LogP contribution is 2.47. The van der Waals surface area contributed by atoms with Gasteiger partial charge in [-0.3, -0.25) is 9.59 Å². The zero-order chi connectivity index (χ0) is 30.2. The Morgan fingerprint density at radius 2 is 1.76 bits per heavy atom. The minimum absolute atomic E-state index is 0.0244. The van der Waals surface area contributed by atoms with E-state index in [0.29, 0.717) is 17.1 Å². The minimum Gasteiger partial charge on any atom is -0.493 e. The van der Waals surface area contributed by atoms with E-state index >= 15 is 0 Å². The van der Waals surface area contributed by atoms with E-state index in [0.717, 1.165) is 18.2 Å².